The molecule has 0 aliphatic heterocycles. The third-order valence-corrected chi connectivity index (χ3v) is 2.81. The number of rotatable bonds is 13. The number of unbranched alkanes of at least 4 members (excludes halogenated alkanes) is 4. The summed E-state index contributed by atoms with van der Waals surface area (Å²) in [5, 5.41) is 4.83. The Balaban J connectivity index is 3.53. The van der Waals surface area contributed by atoms with Gasteiger partial charge in [-0.15, -0.1) is 0 Å². The highest BCUT2D eigenvalue weighted by Crippen LogP contribution is 2.13. The second-order valence-corrected chi connectivity index (χ2v) is 4.60. The van der Waals surface area contributed by atoms with Crippen LogP contribution in [-0.4, -0.2) is 12.7 Å². The van der Waals surface area contributed by atoms with Crippen molar-refractivity contribution in [3.8, 4) is 0 Å². The highest BCUT2D eigenvalue weighted by atomic mass is 17.5. The molecule has 1 atom stereocenters. The second kappa shape index (κ2) is 13.9. The zero-order valence-electron chi connectivity index (χ0n) is 11.9. The maximum absolute atomic E-state index is 5.32. The van der Waals surface area contributed by atoms with Crippen molar-refractivity contribution < 1.29 is 14.8 Å². The highest BCUT2D eigenvalue weighted by molar-refractivity contribution is 4.56. The Labute approximate surface area is 107 Å². The molecule has 3 nitrogen and oxygen atoms in total. The normalized spacial score (nSPS) is 12.9. The molecule has 0 bridgehead atoms. The van der Waals surface area contributed by atoms with Gasteiger partial charge in [-0.05, 0) is 19.3 Å². The predicted molar refractivity (Wildman–Crippen MR) is 70.5 cm³/mol. The van der Waals surface area contributed by atoms with Crippen LogP contribution in [0.3, 0.4) is 0 Å². The Morgan fingerprint density at radius 1 is 0.765 bits per heavy atom. The lowest BCUT2D eigenvalue weighted by atomic mass is 10.1. The van der Waals surface area contributed by atoms with E-state index in [1.165, 1.54) is 32.1 Å². The topological polar surface area (TPSA) is 27.7 Å². The van der Waals surface area contributed by atoms with Gasteiger partial charge in [0.25, 0.3) is 0 Å². The zero-order chi connectivity index (χ0) is 12.8. The molecule has 0 aromatic heterocycles. The van der Waals surface area contributed by atoms with Gasteiger partial charge in [0.1, 0.15) is 0 Å². The second-order valence-electron chi connectivity index (χ2n) is 4.60. The van der Waals surface area contributed by atoms with Gasteiger partial charge in [0, 0.05) is 0 Å². The quantitative estimate of drug-likeness (QED) is 0.265. The minimum absolute atomic E-state index is 0.197. The highest BCUT2D eigenvalue weighted by Gasteiger charge is 2.10. The molecule has 0 aliphatic rings. The van der Waals surface area contributed by atoms with Crippen LogP contribution in [0.25, 0.3) is 0 Å². The van der Waals surface area contributed by atoms with Crippen LogP contribution in [0.15, 0.2) is 0 Å². The Kier molecular flexibility index (Phi) is 13.8. The van der Waals surface area contributed by atoms with Crippen molar-refractivity contribution in [2.75, 3.05) is 6.61 Å². The van der Waals surface area contributed by atoms with Crippen molar-refractivity contribution >= 4 is 0 Å². The zero-order valence-corrected chi connectivity index (χ0v) is 11.9. The first-order valence-electron chi connectivity index (χ1n) is 7.30. The van der Waals surface area contributed by atoms with Gasteiger partial charge in [-0.3, -0.25) is 0 Å². The minimum Gasteiger partial charge on any atom is -0.206 e. The lowest BCUT2D eigenvalue weighted by molar-refractivity contribution is -0.527. The molecular formula is C14H30O3. The molecule has 0 saturated heterocycles. The summed E-state index contributed by atoms with van der Waals surface area (Å²) in [4.78, 5) is 10.3. The summed E-state index contributed by atoms with van der Waals surface area (Å²) < 4.78 is 0. The Bertz CT molecular complexity index is 139. The van der Waals surface area contributed by atoms with Gasteiger partial charge in [0.05, 0.1) is 12.7 Å². The van der Waals surface area contributed by atoms with E-state index >= 15 is 0 Å². The summed E-state index contributed by atoms with van der Waals surface area (Å²) in [7, 11) is 0. The van der Waals surface area contributed by atoms with Crippen molar-refractivity contribution in [1.82, 2.24) is 0 Å². The summed E-state index contributed by atoms with van der Waals surface area (Å²) in [5.41, 5.74) is 0. The van der Waals surface area contributed by atoms with E-state index in [-0.39, 0.29) is 6.10 Å². The molecule has 0 aromatic carbocycles. The third-order valence-electron chi connectivity index (χ3n) is 2.81. The molecule has 0 heterocycles. The van der Waals surface area contributed by atoms with E-state index in [1.807, 2.05) is 0 Å². The molecule has 0 N–H and O–H groups in total. The molecule has 0 radical (unpaired) electrons. The maximum Gasteiger partial charge on any atom is 0.0961 e. The van der Waals surface area contributed by atoms with Crippen molar-refractivity contribution in [2.24, 2.45) is 0 Å². The van der Waals surface area contributed by atoms with Crippen LogP contribution in [0.1, 0.15) is 78.6 Å². The van der Waals surface area contributed by atoms with Crippen LogP contribution in [0.4, 0.5) is 0 Å². The van der Waals surface area contributed by atoms with E-state index in [2.05, 4.69) is 20.8 Å². The molecule has 1 unspecified atom stereocenters. The van der Waals surface area contributed by atoms with Gasteiger partial charge in [-0.2, -0.15) is 0 Å². The smallest absolute Gasteiger partial charge is 0.0961 e. The molecule has 3 heteroatoms. The van der Waals surface area contributed by atoms with E-state index in [9.17, 15) is 0 Å². The Morgan fingerprint density at radius 2 is 1.41 bits per heavy atom. The number of hydrogen-bond donors (Lipinski definition) is 0. The van der Waals surface area contributed by atoms with Gasteiger partial charge >= 0.3 is 0 Å². The predicted octanol–water partition coefficient (Wildman–Crippen LogP) is 4.81. The molecule has 0 amide bonds. The first-order valence-corrected chi connectivity index (χ1v) is 7.30. The largest absolute Gasteiger partial charge is 0.206 e. The van der Waals surface area contributed by atoms with Gasteiger partial charge in [-0.1, -0.05) is 64.3 Å². The lowest BCUT2D eigenvalue weighted by Gasteiger charge is -2.15. The summed E-state index contributed by atoms with van der Waals surface area (Å²) in [6.07, 6.45) is 10.6. The summed E-state index contributed by atoms with van der Waals surface area (Å²) in [6, 6.07) is 0. The van der Waals surface area contributed by atoms with Crippen LogP contribution in [0.5, 0.6) is 0 Å². The van der Waals surface area contributed by atoms with E-state index in [0.29, 0.717) is 6.61 Å². The van der Waals surface area contributed by atoms with Crippen molar-refractivity contribution in [3.63, 3.8) is 0 Å². The van der Waals surface area contributed by atoms with Crippen LogP contribution in [0, 0.1) is 0 Å². The molecule has 104 valence electrons. The summed E-state index contributed by atoms with van der Waals surface area (Å²) in [6.45, 7) is 7.15. The maximum atomic E-state index is 5.32. The molecule has 0 saturated carbocycles. The van der Waals surface area contributed by atoms with Crippen LogP contribution in [0.2, 0.25) is 0 Å². The van der Waals surface area contributed by atoms with Gasteiger partial charge in [-0.25, -0.2) is 9.78 Å². The average Bonchev–Trinajstić information content (AvgIpc) is 2.35. The molecule has 0 fully saturated rings. The number of hydrogen-bond acceptors (Lipinski definition) is 3. The molecule has 0 aromatic rings. The van der Waals surface area contributed by atoms with E-state index in [0.717, 1.165) is 25.7 Å². The van der Waals surface area contributed by atoms with E-state index in [4.69, 9.17) is 14.8 Å². The SMILES string of the molecule is CCCCCC(CCCC)OOOCCCC. The standard InChI is InChI=1S/C14H30O3/c1-4-7-10-12-14(11-8-5-2)16-17-15-13-9-6-3/h14H,4-13H2,1-3H3. The Hall–Kier alpha value is -0.120. The van der Waals surface area contributed by atoms with Crippen molar-refractivity contribution in [1.29, 1.82) is 0 Å². The molecule has 0 spiro atoms. The van der Waals surface area contributed by atoms with E-state index in [1.54, 1.807) is 0 Å². The van der Waals surface area contributed by atoms with Crippen molar-refractivity contribution in [3.05, 3.63) is 0 Å². The van der Waals surface area contributed by atoms with Crippen LogP contribution in [-0.2, 0) is 14.8 Å². The lowest BCUT2D eigenvalue weighted by Crippen LogP contribution is -2.14. The van der Waals surface area contributed by atoms with Crippen molar-refractivity contribution in [2.45, 2.75) is 84.7 Å². The van der Waals surface area contributed by atoms with Gasteiger partial charge < -0.3 is 0 Å². The summed E-state index contributed by atoms with van der Waals surface area (Å²) >= 11 is 0. The van der Waals surface area contributed by atoms with Gasteiger partial charge in [0.2, 0.25) is 0 Å². The molecule has 0 aliphatic carbocycles. The van der Waals surface area contributed by atoms with Gasteiger partial charge in [0.15, 0.2) is 0 Å². The third kappa shape index (κ3) is 12.1. The first kappa shape index (κ1) is 16.9. The monoisotopic (exact) mass is 246 g/mol. The first-order chi connectivity index (χ1) is 8.35. The van der Waals surface area contributed by atoms with E-state index < -0.39 is 0 Å². The molecule has 17 heavy (non-hydrogen) atoms. The minimum atomic E-state index is 0.197. The van der Waals surface area contributed by atoms with Crippen LogP contribution >= 0.6 is 0 Å². The molecule has 0 rings (SSSR count). The average molecular weight is 246 g/mol. The fourth-order valence-electron chi connectivity index (χ4n) is 1.61. The fourth-order valence-corrected chi connectivity index (χ4v) is 1.61. The van der Waals surface area contributed by atoms with Crippen LogP contribution < -0.4 is 0 Å². The summed E-state index contributed by atoms with van der Waals surface area (Å²) in [5.74, 6) is 0. The fraction of sp³-hybridized carbons (Fsp3) is 1.00. The Morgan fingerprint density at radius 3 is 2.06 bits per heavy atom. The molecular weight excluding hydrogens is 216 g/mol.